The zero-order valence-corrected chi connectivity index (χ0v) is 10.3. The first-order valence-corrected chi connectivity index (χ1v) is 5.26. The predicted octanol–water partition coefficient (Wildman–Crippen LogP) is 1.79. The van der Waals surface area contributed by atoms with Gasteiger partial charge in [0.05, 0.1) is 0 Å². The Labute approximate surface area is 101 Å². The van der Waals surface area contributed by atoms with Crippen LogP contribution in [0.25, 0.3) is 0 Å². The summed E-state index contributed by atoms with van der Waals surface area (Å²) in [4.78, 5) is 16.2. The fraction of sp³-hybridized carbons (Fsp3) is 0.357. The molecule has 1 rings (SSSR count). The Kier molecular flexibility index (Phi) is 6.58. The molecule has 0 spiro atoms. The van der Waals surface area contributed by atoms with E-state index in [0.29, 0.717) is 0 Å². The van der Waals surface area contributed by atoms with Crippen LogP contribution >= 0.6 is 0 Å². The van der Waals surface area contributed by atoms with Crippen molar-refractivity contribution in [1.82, 2.24) is 0 Å². The van der Waals surface area contributed by atoms with Crippen LogP contribution in [0.4, 0.5) is 0 Å². The Morgan fingerprint density at radius 2 is 1.65 bits per heavy atom. The Morgan fingerprint density at radius 3 is 2.00 bits per heavy atom. The number of rotatable bonds is 1. The molecule has 0 amide bonds. The van der Waals surface area contributed by atoms with Crippen molar-refractivity contribution in [2.45, 2.75) is 32.8 Å². The van der Waals surface area contributed by atoms with E-state index >= 15 is 0 Å². The third-order valence-electron chi connectivity index (χ3n) is 1.87. The number of benzene rings is 1. The molecule has 0 aliphatic rings. The van der Waals surface area contributed by atoms with Crippen molar-refractivity contribution in [2.24, 2.45) is 0 Å². The molecule has 0 aliphatic carbocycles. The molecular formula is C14H16O3. The maximum atomic E-state index is 9.41. The van der Waals surface area contributed by atoms with Gasteiger partial charge in [-0.15, -0.1) is 0 Å². The van der Waals surface area contributed by atoms with Crippen LogP contribution in [0.2, 0.25) is 0 Å². The molecule has 0 bridgehead atoms. The van der Waals surface area contributed by atoms with Gasteiger partial charge in [0.2, 0.25) is 0 Å². The normalized spacial score (nSPS) is 9.18. The second-order valence-electron chi connectivity index (χ2n) is 3.94. The van der Waals surface area contributed by atoms with Crippen LogP contribution in [0.5, 0.6) is 0 Å². The smallest absolute Gasteiger partial charge is 0.373 e. The first kappa shape index (κ1) is 15.1. The standard InChI is InChI=1S/C13H16O.CO2/c1-4-11-5-7-12(8-6-11)9-10-13(2,3)14;2-1-3/h5-8,14H,4H2,1-3H3;. The highest BCUT2D eigenvalue weighted by Gasteiger charge is 2.05. The summed E-state index contributed by atoms with van der Waals surface area (Å²) in [6, 6.07) is 8.10. The van der Waals surface area contributed by atoms with Crippen molar-refractivity contribution in [3.8, 4) is 11.8 Å². The number of hydrogen-bond acceptors (Lipinski definition) is 3. The van der Waals surface area contributed by atoms with E-state index in [1.54, 1.807) is 13.8 Å². The summed E-state index contributed by atoms with van der Waals surface area (Å²) in [5.74, 6) is 5.72. The Hall–Kier alpha value is -1.88. The van der Waals surface area contributed by atoms with Crippen LogP contribution in [0.1, 0.15) is 31.9 Å². The molecule has 0 unspecified atom stereocenters. The summed E-state index contributed by atoms with van der Waals surface area (Å²) in [5.41, 5.74) is 1.34. The molecule has 0 atom stereocenters. The molecule has 1 N–H and O–H groups in total. The highest BCUT2D eigenvalue weighted by molar-refractivity contribution is 5.37. The number of hydrogen-bond donors (Lipinski definition) is 1. The minimum absolute atomic E-state index is 0.250. The van der Waals surface area contributed by atoms with Gasteiger partial charge in [-0.05, 0) is 38.0 Å². The van der Waals surface area contributed by atoms with Crippen molar-refractivity contribution >= 4 is 6.15 Å². The minimum atomic E-state index is -0.913. The zero-order chi connectivity index (χ0) is 13.3. The molecule has 0 saturated carbocycles. The molecular weight excluding hydrogens is 216 g/mol. The molecule has 90 valence electrons. The van der Waals surface area contributed by atoms with Gasteiger partial charge >= 0.3 is 6.15 Å². The van der Waals surface area contributed by atoms with Gasteiger partial charge < -0.3 is 5.11 Å². The molecule has 0 heterocycles. The van der Waals surface area contributed by atoms with Crippen molar-refractivity contribution < 1.29 is 14.7 Å². The van der Waals surface area contributed by atoms with E-state index in [4.69, 9.17) is 9.59 Å². The van der Waals surface area contributed by atoms with E-state index in [1.165, 1.54) is 5.56 Å². The number of aliphatic hydroxyl groups is 1. The Bertz CT molecular complexity index is 421. The fourth-order valence-corrected chi connectivity index (χ4v) is 1.05. The van der Waals surface area contributed by atoms with Gasteiger partial charge in [-0.2, -0.15) is 9.59 Å². The lowest BCUT2D eigenvalue weighted by Gasteiger charge is -2.05. The van der Waals surface area contributed by atoms with Gasteiger partial charge in [0, 0.05) is 5.56 Å². The third-order valence-corrected chi connectivity index (χ3v) is 1.87. The van der Waals surface area contributed by atoms with Crippen molar-refractivity contribution in [3.63, 3.8) is 0 Å². The van der Waals surface area contributed by atoms with Gasteiger partial charge in [0.25, 0.3) is 0 Å². The molecule has 0 aromatic heterocycles. The van der Waals surface area contributed by atoms with Crippen LogP contribution in [0, 0.1) is 11.8 Å². The van der Waals surface area contributed by atoms with Crippen molar-refractivity contribution in [3.05, 3.63) is 35.4 Å². The maximum absolute atomic E-state index is 9.41. The summed E-state index contributed by atoms with van der Waals surface area (Å²) < 4.78 is 0. The average Bonchev–Trinajstić information content (AvgIpc) is 2.27. The van der Waals surface area contributed by atoms with E-state index in [9.17, 15) is 5.11 Å². The van der Waals surface area contributed by atoms with E-state index in [0.717, 1.165) is 12.0 Å². The SMILES string of the molecule is CCc1ccc(C#CC(C)(C)O)cc1.O=C=O. The van der Waals surface area contributed by atoms with Crippen molar-refractivity contribution in [2.75, 3.05) is 0 Å². The summed E-state index contributed by atoms with van der Waals surface area (Å²) >= 11 is 0. The van der Waals surface area contributed by atoms with E-state index in [1.807, 2.05) is 12.1 Å². The van der Waals surface area contributed by atoms with Crippen LogP contribution in [0.3, 0.4) is 0 Å². The number of aryl methyl sites for hydroxylation is 1. The minimum Gasteiger partial charge on any atom is -0.378 e. The summed E-state index contributed by atoms with van der Waals surface area (Å²) in [7, 11) is 0. The van der Waals surface area contributed by atoms with Crippen LogP contribution < -0.4 is 0 Å². The zero-order valence-electron chi connectivity index (χ0n) is 10.3. The van der Waals surface area contributed by atoms with Crippen LogP contribution in [-0.4, -0.2) is 16.9 Å². The summed E-state index contributed by atoms with van der Waals surface area (Å²) in [6.45, 7) is 5.48. The lowest BCUT2D eigenvalue weighted by molar-refractivity contribution is -0.191. The molecule has 17 heavy (non-hydrogen) atoms. The quantitative estimate of drug-likeness (QED) is 0.751. The third kappa shape index (κ3) is 7.98. The molecule has 1 aromatic rings. The summed E-state index contributed by atoms with van der Waals surface area (Å²) in [6.07, 6.45) is 1.29. The van der Waals surface area contributed by atoms with Gasteiger partial charge in [-0.1, -0.05) is 30.9 Å². The fourth-order valence-electron chi connectivity index (χ4n) is 1.05. The predicted molar refractivity (Wildman–Crippen MR) is 64.0 cm³/mol. The molecule has 0 aliphatic heterocycles. The lowest BCUT2D eigenvalue weighted by Crippen LogP contribution is -2.14. The van der Waals surface area contributed by atoms with Crippen molar-refractivity contribution in [1.29, 1.82) is 0 Å². The Balaban J connectivity index is 0.000000770. The van der Waals surface area contributed by atoms with E-state index in [2.05, 4.69) is 30.9 Å². The molecule has 0 saturated heterocycles. The summed E-state index contributed by atoms with van der Waals surface area (Å²) in [5, 5.41) is 9.41. The largest absolute Gasteiger partial charge is 0.378 e. The molecule has 1 aromatic carbocycles. The van der Waals surface area contributed by atoms with Crippen LogP contribution in [-0.2, 0) is 16.0 Å². The molecule has 3 heteroatoms. The van der Waals surface area contributed by atoms with Gasteiger partial charge in [0.15, 0.2) is 0 Å². The lowest BCUT2D eigenvalue weighted by atomic mass is 10.1. The average molecular weight is 232 g/mol. The topological polar surface area (TPSA) is 54.4 Å². The second-order valence-corrected chi connectivity index (χ2v) is 3.94. The van der Waals surface area contributed by atoms with E-state index < -0.39 is 5.60 Å². The van der Waals surface area contributed by atoms with E-state index in [-0.39, 0.29) is 6.15 Å². The molecule has 0 fully saturated rings. The van der Waals surface area contributed by atoms with Gasteiger partial charge in [-0.25, -0.2) is 0 Å². The van der Waals surface area contributed by atoms with Gasteiger partial charge in [-0.3, -0.25) is 0 Å². The second kappa shape index (κ2) is 7.40. The van der Waals surface area contributed by atoms with Crippen LogP contribution in [0.15, 0.2) is 24.3 Å². The molecule has 3 nitrogen and oxygen atoms in total. The highest BCUT2D eigenvalue weighted by Crippen LogP contribution is 2.04. The molecule has 0 radical (unpaired) electrons. The first-order valence-electron chi connectivity index (χ1n) is 5.26. The highest BCUT2D eigenvalue weighted by atomic mass is 16.3. The monoisotopic (exact) mass is 232 g/mol. The Morgan fingerprint density at radius 1 is 1.18 bits per heavy atom. The maximum Gasteiger partial charge on any atom is 0.373 e. The first-order chi connectivity index (χ1) is 7.92. The number of carbonyl (C=O) groups excluding carboxylic acids is 2. The van der Waals surface area contributed by atoms with Gasteiger partial charge in [0.1, 0.15) is 5.60 Å².